The second kappa shape index (κ2) is 6.50. The summed E-state index contributed by atoms with van der Waals surface area (Å²) in [5.74, 6) is 0.422. The number of aryl methyl sites for hydroxylation is 2. The van der Waals surface area contributed by atoms with E-state index in [0.717, 1.165) is 5.56 Å². The molecule has 0 aliphatic heterocycles. The van der Waals surface area contributed by atoms with Gasteiger partial charge in [-0.15, -0.1) is 11.6 Å². The van der Waals surface area contributed by atoms with Crippen molar-refractivity contribution in [2.75, 3.05) is 12.4 Å². The maximum absolute atomic E-state index is 11.5. The van der Waals surface area contributed by atoms with Gasteiger partial charge in [-0.3, -0.25) is 0 Å². The van der Waals surface area contributed by atoms with Crippen molar-refractivity contribution < 1.29 is 4.79 Å². The zero-order valence-corrected chi connectivity index (χ0v) is 11.3. The molecule has 94 valence electrons. The molecule has 2 amide bonds. The fourth-order valence-corrected chi connectivity index (χ4v) is 1.89. The smallest absolute Gasteiger partial charge is 0.315 e. The van der Waals surface area contributed by atoms with Crippen molar-refractivity contribution in [3.63, 3.8) is 0 Å². The summed E-state index contributed by atoms with van der Waals surface area (Å²) < 4.78 is 0. The molecule has 0 fully saturated rings. The van der Waals surface area contributed by atoms with Crippen molar-refractivity contribution in [2.24, 2.45) is 0 Å². The molecule has 0 radical (unpaired) electrons. The van der Waals surface area contributed by atoms with Crippen molar-refractivity contribution in [3.05, 3.63) is 34.9 Å². The fraction of sp³-hybridized carbons (Fsp3) is 0.462. The van der Waals surface area contributed by atoms with Crippen LogP contribution in [0.3, 0.4) is 0 Å². The monoisotopic (exact) mass is 254 g/mol. The number of hydrogen-bond donors (Lipinski definition) is 2. The number of amides is 2. The molecular formula is C13H19ClN2O. The van der Waals surface area contributed by atoms with Crippen LogP contribution in [-0.2, 0) is 0 Å². The zero-order valence-electron chi connectivity index (χ0n) is 10.5. The number of halogens is 1. The van der Waals surface area contributed by atoms with Gasteiger partial charge in [-0.05, 0) is 31.9 Å². The Morgan fingerprint density at radius 1 is 1.41 bits per heavy atom. The van der Waals surface area contributed by atoms with Gasteiger partial charge in [0.05, 0.1) is 6.04 Å². The molecular weight excluding hydrogens is 236 g/mol. The lowest BCUT2D eigenvalue weighted by atomic mass is 10.0. The molecule has 0 spiro atoms. The predicted octanol–water partition coefficient (Wildman–Crippen LogP) is 2.90. The molecule has 1 atom stereocenters. The summed E-state index contributed by atoms with van der Waals surface area (Å²) in [6.45, 7) is 6.56. The molecule has 0 heterocycles. The average molecular weight is 255 g/mol. The van der Waals surface area contributed by atoms with Crippen LogP contribution in [0.25, 0.3) is 0 Å². The molecule has 1 aromatic carbocycles. The molecule has 1 aromatic rings. The van der Waals surface area contributed by atoms with Crippen molar-refractivity contribution in [1.82, 2.24) is 10.6 Å². The molecule has 0 aliphatic rings. The van der Waals surface area contributed by atoms with Crippen LogP contribution in [0.5, 0.6) is 0 Å². The lowest BCUT2D eigenvalue weighted by Crippen LogP contribution is -2.38. The third-order valence-corrected chi connectivity index (χ3v) is 2.81. The Morgan fingerprint density at radius 2 is 2.12 bits per heavy atom. The van der Waals surface area contributed by atoms with Crippen LogP contribution < -0.4 is 10.6 Å². The molecule has 1 rings (SSSR count). The Morgan fingerprint density at radius 3 is 2.71 bits per heavy atom. The SMILES string of the molecule is Cc1ccc(C(C)NC(=O)NCCCl)c(C)c1. The first-order valence-electron chi connectivity index (χ1n) is 5.72. The minimum Gasteiger partial charge on any atom is -0.337 e. The fourth-order valence-electron chi connectivity index (χ4n) is 1.80. The number of nitrogens with one attached hydrogen (secondary N) is 2. The van der Waals surface area contributed by atoms with Crippen molar-refractivity contribution in [3.8, 4) is 0 Å². The number of rotatable bonds is 4. The van der Waals surface area contributed by atoms with Crippen molar-refractivity contribution in [1.29, 1.82) is 0 Å². The molecule has 0 saturated heterocycles. The second-order valence-corrected chi connectivity index (χ2v) is 4.55. The summed E-state index contributed by atoms with van der Waals surface area (Å²) in [5, 5.41) is 5.56. The predicted molar refractivity (Wildman–Crippen MR) is 71.6 cm³/mol. The van der Waals surface area contributed by atoms with Crippen molar-refractivity contribution >= 4 is 17.6 Å². The van der Waals surface area contributed by atoms with Gasteiger partial charge in [-0.2, -0.15) is 0 Å². The minimum absolute atomic E-state index is 0.00840. The second-order valence-electron chi connectivity index (χ2n) is 4.17. The van der Waals surface area contributed by atoms with Gasteiger partial charge in [0.1, 0.15) is 0 Å². The maximum atomic E-state index is 11.5. The third-order valence-electron chi connectivity index (χ3n) is 2.62. The van der Waals surface area contributed by atoms with E-state index in [-0.39, 0.29) is 12.1 Å². The Balaban J connectivity index is 2.63. The Kier molecular flexibility index (Phi) is 5.29. The maximum Gasteiger partial charge on any atom is 0.315 e. The Hall–Kier alpha value is -1.22. The first-order valence-corrected chi connectivity index (χ1v) is 6.25. The number of benzene rings is 1. The van der Waals surface area contributed by atoms with E-state index in [2.05, 4.69) is 42.7 Å². The van der Waals surface area contributed by atoms with Gasteiger partial charge in [0.2, 0.25) is 0 Å². The van der Waals surface area contributed by atoms with E-state index < -0.39 is 0 Å². The van der Waals surface area contributed by atoms with E-state index in [0.29, 0.717) is 12.4 Å². The molecule has 0 aromatic heterocycles. The van der Waals surface area contributed by atoms with Crippen LogP contribution >= 0.6 is 11.6 Å². The summed E-state index contributed by atoms with van der Waals surface area (Å²) in [5.41, 5.74) is 3.55. The number of alkyl halides is 1. The van der Waals surface area contributed by atoms with Gasteiger partial charge in [0.15, 0.2) is 0 Å². The van der Waals surface area contributed by atoms with Crippen LogP contribution in [0.2, 0.25) is 0 Å². The van der Waals surface area contributed by atoms with Crippen LogP contribution in [0.1, 0.15) is 29.7 Å². The van der Waals surface area contributed by atoms with Crippen LogP contribution in [0.15, 0.2) is 18.2 Å². The molecule has 17 heavy (non-hydrogen) atoms. The molecule has 1 unspecified atom stereocenters. The van der Waals surface area contributed by atoms with Gasteiger partial charge in [0.25, 0.3) is 0 Å². The highest BCUT2D eigenvalue weighted by atomic mass is 35.5. The first-order chi connectivity index (χ1) is 8.04. The topological polar surface area (TPSA) is 41.1 Å². The first kappa shape index (κ1) is 13.8. The highest BCUT2D eigenvalue weighted by molar-refractivity contribution is 6.18. The molecule has 0 saturated carbocycles. The van der Waals surface area contributed by atoms with Gasteiger partial charge in [0, 0.05) is 12.4 Å². The van der Waals surface area contributed by atoms with Crippen LogP contribution in [0.4, 0.5) is 4.79 Å². The molecule has 4 heteroatoms. The summed E-state index contributed by atoms with van der Waals surface area (Å²) in [4.78, 5) is 11.5. The van der Waals surface area contributed by atoms with Gasteiger partial charge in [-0.1, -0.05) is 23.8 Å². The number of urea groups is 1. The van der Waals surface area contributed by atoms with Crippen molar-refractivity contribution in [2.45, 2.75) is 26.8 Å². The summed E-state index contributed by atoms with van der Waals surface area (Å²) in [6, 6.07) is 6.03. The zero-order chi connectivity index (χ0) is 12.8. The highest BCUT2D eigenvalue weighted by Crippen LogP contribution is 2.18. The molecule has 0 bridgehead atoms. The molecule has 2 N–H and O–H groups in total. The Bertz CT molecular complexity index is 393. The van der Waals surface area contributed by atoms with E-state index in [1.807, 2.05) is 6.92 Å². The lowest BCUT2D eigenvalue weighted by Gasteiger charge is -2.17. The molecule has 0 aliphatic carbocycles. The highest BCUT2D eigenvalue weighted by Gasteiger charge is 2.10. The van der Waals surface area contributed by atoms with E-state index in [4.69, 9.17) is 11.6 Å². The number of hydrogen-bond acceptors (Lipinski definition) is 1. The van der Waals surface area contributed by atoms with E-state index in [1.165, 1.54) is 11.1 Å². The normalized spacial score (nSPS) is 12.0. The summed E-state index contributed by atoms with van der Waals surface area (Å²) in [6.07, 6.45) is 0. The summed E-state index contributed by atoms with van der Waals surface area (Å²) >= 11 is 5.50. The quantitative estimate of drug-likeness (QED) is 0.797. The van der Waals surface area contributed by atoms with Gasteiger partial charge < -0.3 is 10.6 Å². The van der Waals surface area contributed by atoms with Gasteiger partial charge >= 0.3 is 6.03 Å². The number of carbonyl (C=O) groups is 1. The third kappa shape index (κ3) is 4.27. The van der Waals surface area contributed by atoms with E-state index >= 15 is 0 Å². The van der Waals surface area contributed by atoms with E-state index in [9.17, 15) is 4.79 Å². The van der Waals surface area contributed by atoms with E-state index in [1.54, 1.807) is 0 Å². The minimum atomic E-state index is -0.182. The largest absolute Gasteiger partial charge is 0.337 e. The standard InChI is InChI=1S/C13H19ClN2O/c1-9-4-5-12(10(2)8-9)11(3)16-13(17)15-7-6-14/h4-5,8,11H,6-7H2,1-3H3,(H2,15,16,17). The summed E-state index contributed by atoms with van der Waals surface area (Å²) in [7, 11) is 0. The van der Waals surface area contributed by atoms with Crippen LogP contribution in [-0.4, -0.2) is 18.5 Å². The van der Waals surface area contributed by atoms with Crippen LogP contribution in [0, 0.1) is 13.8 Å². The van der Waals surface area contributed by atoms with Gasteiger partial charge in [-0.25, -0.2) is 4.79 Å². The average Bonchev–Trinajstić information content (AvgIpc) is 2.26. The molecule has 3 nitrogen and oxygen atoms in total. The number of carbonyl (C=O) groups excluding carboxylic acids is 1. The Labute approximate surface area is 108 Å². The lowest BCUT2D eigenvalue weighted by molar-refractivity contribution is 0.238.